The monoisotopic (exact) mass is 207 g/mol. The number of likely N-dealkylation sites (tertiary alicyclic amines) is 1. The molecule has 2 amide bonds. The number of carbonyl (C=O) groups is 2. The largest absolute Gasteiger partial charge is 0.365 e. The highest BCUT2D eigenvalue weighted by atomic mass is 16.5. The first kappa shape index (κ1) is 9.09. The lowest BCUT2D eigenvalue weighted by atomic mass is 9.85. The van der Waals surface area contributed by atoms with Crippen LogP contribution in [0.5, 0.6) is 0 Å². The maximum Gasteiger partial charge on any atom is 0.236 e. The van der Waals surface area contributed by atoms with E-state index < -0.39 is 0 Å². The van der Waals surface area contributed by atoms with Gasteiger partial charge in [-0.25, -0.2) is 0 Å². The lowest BCUT2D eigenvalue weighted by molar-refractivity contribution is -0.142. The maximum absolute atomic E-state index is 12.0. The van der Waals surface area contributed by atoms with Crippen molar-refractivity contribution in [2.45, 2.75) is 25.6 Å². The summed E-state index contributed by atoms with van der Waals surface area (Å²) < 4.78 is 5.53. The third-order valence-electron chi connectivity index (χ3n) is 3.45. The zero-order valence-electron chi connectivity index (χ0n) is 8.55. The summed E-state index contributed by atoms with van der Waals surface area (Å²) in [7, 11) is 0. The molecule has 0 aromatic rings. The van der Waals surface area contributed by atoms with E-state index in [0.29, 0.717) is 6.54 Å². The predicted octanol–water partition coefficient (Wildman–Crippen LogP) is 0.335. The number of imide groups is 1. The summed E-state index contributed by atoms with van der Waals surface area (Å²) in [5.41, 5.74) is 0. The van der Waals surface area contributed by atoms with Gasteiger partial charge in [0.2, 0.25) is 11.8 Å². The predicted molar refractivity (Wildman–Crippen MR) is 51.8 cm³/mol. The number of hydrogen-bond donors (Lipinski definition) is 0. The highest BCUT2D eigenvalue weighted by Crippen LogP contribution is 2.44. The van der Waals surface area contributed by atoms with Crippen LogP contribution in [-0.2, 0) is 14.3 Å². The molecule has 2 saturated heterocycles. The maximum atomic E-state index is 12.0. The molecule has 0 N–H and O–H groups in total. The summed E-state index contributed by atoms with van der Waals surface area (Å²) in [5.74, 6) is -0.550. The second-order valence-corrected chi connectivity index (χ2v) is 4.33. The first-order valence-electron chi connectivity index (χ1n) is 5.43. The van der Waals surface area contributed by atoms with Gasteiger partial charge in [-0.1, -0.05) is 19.1 Å². The highest BCUT2D eigenvalue weighted by molar-refractivity contribution is 6.06. The van der Waals surface area contributed by atoms with E-state index >= 15 is 0 Å². The van der Waals surface area contributed by atoms with Crippen LogP contribution in [0, 0.1) is 11.8 Å². The third-order valence-corrected chi connectivity index (χ3v) is 3.45. The van der Waals surface area contributed by atoms with Gasteiger partial charge in [-0.3, -0.25) is 14.5 Å². The van der Waals surface area contributed by atoms with E-state index in [1.165, 1.54) is 4.90 Å². The molecule has 3 aliphatic rings. The van der Waals surface area contributed by atoms with Gasteiger partial charge in [-0.15, -0.1) is 0 Å². The van der Waals surface area contributed by atoms with Crippen molar-refractivity contribution in [1.29, 1.82) is 0 Å². The Morgan fingerprint density at radius 3 is 2.20 bits per heavy atom. The van der Waals surface area contributed by atoms with Gasteiger partial charge < -0.3 is 4.74 Å². The Hall–Kier alpha value is -1.16. The number of ether oxygens (including phenoxy) is 1. The second-order valence-electron chi connectivity index (χ2n) is 4.33. The van der Waals surface area contributed by atoms with Crippen molar-refractivity contribution in [3.05, 3.63) is 12.2 Å². The molecule has 0 saturated carbocycles. The third kappa shape index (κ3) is 1.00. The normalized spacial score (nSPS) is 41.8. The van der Waals surface area contributed by atoms with Gasteiger partial charge in [-0.05, 0) is 6.42 Å². The first-order chi connectivity index (χ1) is 7.24. The number of hydrogen-bond acceptors (Lipinski definition) is 3. The fourth-order valence-electron chi connectivity index (χ4n) is 2.81. The Morgan fingerprint density at radius 1 is 1.20 bits per heavy atom. The molecular weight excluding hydrogens is 194 g/mol. The van der Waals surface area contributed by atoms with Gasteiger partial charge in [0.1, 0.15) is 0 Å². The minimum absolute atomic E-state index is 0.0382. The molecule has 4 heteroatoms. The van der Waals surface area contributed by atoms with Crippen molar-refractivity contribution in [1.82, 2.24) is 4.90 Å². The van der Waals surface area contributed by atoms with Crippen LogP contribution in [0.4, 0.5) is 0 Å². The molecule has 2 bridgehead atoms. The SMILES string of the molecule is CCCN1C(=O)[C@@H]2[C@H](C1=O)[C@@H]1C=C[C@H]2O1. The fraction of sp³-hybridized carbons (Fsp3) is 0.636. The van der Waals surface area contributed by atoms with Crippen molar-refractivity contribution >= 4 is 11.8 Å². The summed E-state index contributed by atoms with van der Waals surface area (Å²) in [5, 5.41) is 0. The molecular formula is C11H13NO3. The van der Waals surface area contributed by atoms with E-state index in [0.717, 1.165) is 6.42 Å². The lowest BCUT2D eigenvalue weighted by Crippen LogP contribution is -2.34. The van der Waals surface area contributed by atoms with Gasteiger partial charge >= 0.3 is 0 Å². The summed E-state index contributed by atoms with van der Waals surface area (Å²) in [6, 6.07) is 0. The molecule has 0 aliphatic carbocycles. The van der Waals surface area contributed by atoms with Crippen LogP contribution in [-0.4, -0.2) is 35.5 Å². The van der Waals surface area contributed by atoms with E-state index in [1.54, 1.807) is 0 Å². The van der Waals surface area contributed by atoms with Crippen molar-refractivity contribution in [3.63, 3.8) is 0 Å². The number of fused-ring (bicyclic) bond motifs is 5. The molecule has 2 fully saturated rings. The van der Waals surface area contributed by atoms with Crippen LogP contribution in [0.15, 0.2) is 12.2 Å². The molecule has 3 aliphatic heterocycles. The zero-order valence-corrected chi connectivity index (χ0v) is 8.55. The number of amides is 2. The molecule has 4 nitrogen and oxygen atoms in total. The standard InChI is InChI=1S/C11H13NO3/c1-2-5-12-10(13)8-6-3-4-7(15-6)9(8)11(12)14/h3-4,6-9H,2,5H2,1H3/t6-,7+,8+,9-. The Bertz CT molecular complexity index is 333. The average molecular weight is 207 g/mol. The van der Waals surface area contributed by atoms with Crippen LogP contribution >= 0.6 is 0 Å². The van der Waals surface area contributed by atoms with Crippen LogP contribution in [0.3, 0.4) is 0 Å². The van der Waals surface area contributed by atoms with E-state index in [2.05, 4.69) is 0 Å². The molecule has 0 unspecified atom stereocenters. The minimum Gasteiger partial charge on any atom is -0.365 e. The van der Waals surface area contributed by atoms with Crippen LogP contribution in [0.1, 0.15) is 13.3 Å². The van der Waals surface area contributed by atoms with Crippen LogP contribution in [0.25, 0.3) is 0 Å². The van der Waals surface area contributed by atoms with E-state index in [9.17, 15) is 9.59 Å². The minimum atomic E-state index is -0.237. The zero-order chi connectivity index (χ0) is 10.6. The summed E-state index contributed by atoms with van der Waals surface area (Å²) in [6.45, 7) is 2.52. The Morgan fingerprint density at radius 2 is 1.73 bits per heavy atom. The highest BCUT2D eigenvalue weighted by Gasteiger charge is 2.60. The fourth-order valence-corrected chi connectivity index (χ4v) is 2.81. The molecule has 0 aromatic carbocycles. The number of carbonyl (C=O) groups excluding carboxylic acids is 2. The smallest absolute Gasteiger partial charge is 0.236 e. The van der Waals surface area contributed by atoms with Crippen molar-refractivity contribution in [3.8, 4) is 0 Å². The topological polar surface area (TPSA) is 46.6 Å². The molecule has 80 valence electrons. The van der Waals surface area contributed by atoms with Gasteiger partial charge in [-0.2, -0.15) is 0 Å². The first-order valence-corrected chi connectivity index (χ1v) is 5.43. The Labute approximate surface area is 87.9 Å². The Balaban J connectivity index is 1.93. The lowest BCUT2D eigenvalue weighted by Gasteiger charge is -2.16. The van der Waals surface area contributed by atoms with Gasteiger partial charge in [0, 0.05) is 6.54 Å². The molecule has 3 heterocycles. The molecule has 4 atom stereocenters. The summed E-state index contributed by atoms with van der Waals surface area (Å²) in [6.07, 6.45) is 4.33. The van der Waals surface area contributed by atoms with Crippen molar-refractivity contribution < 1.29 is 14.3 Å². The molecule has 15 heavy (non-hydrogen) atoms. The van der Waals surface area contributed by atoms with E-state index in [4.69, 9.17) is 4.74 Å². The number of rotatable bonds is 2. The average Bonchev–Trinajstić information content (AvgIpc) is 2.87. The summed E-state index contributed by atoms with van der Waals surface area (Å²) >= 11 is 0. The van der Waals surface area contributed by atoms with Gasteiger partial charge in [0.15, 0.2) is 0 Å². The van der Waals surface area contributed by atoms with Crippen molar-refractivity contribution in [2.24, 2.45) is 11.8 Å². The van der Waals surface area contributed by atoms with E-state index in [1.807, 2.05) is 19.1 Å². The van der Waals surface area contributed by atoms with Gasteiger partial charge in [0.05, 0.1) is 24.0 Å². The quantitative estimate of drug-likeness (QED) is 0.484. The second kappa shape index (κ2) is 2.92. The molecule has 3 rings (SSSR count). The van der Waals surface area contributed by atoms with Crippen LogP contribution < -0.4 is 0 Å². The molecule has 0 spiro atoms. The number of nitrogens with zero attached hydrogens (tertiary/aromatic N) is 1. The van der Waals surface area contributed by atoms with Gasteiger partial charge in [0.25, 0.3) is 0 Å². The molecule has 0 radical (unpaired) electrons. The van der Waals surface area contributed by atoms with Crippen LogP contribution in [0.2, 0.25) is 0 Å². The van der Waals surface area contributed by atoms with E-state index in [-0.39, 0.29) is 35.9 Å². The molecule has 0 aromatic heterocycles. The Kier molecular flexibility index (Phi) is 1.77. The summed E-state index contributed by atoms with van der Waals surface area (Å²) in [4.78, 5) is 25.3. The van der Waals surface area contributed by atoms with Crippen molar-refractivity contribution in [2.75, 3.05) is 6.54 Å².